The molecule has 0 aliphatic heterocycles. The van der Waals surface area contributed by atoms with E-state index in [4.69, 9.17) is 5.11 Å². The fourth-order valence-corrected chi connectivity index (χ4v) is 2.68. The van der Waals surface area contributed by atoms with Crippen molar-refractivity contribution < 1.29 is 23.1 Å². The Morgan fingerprint density at radius 2 is 1.71 bits per heavy atom. The van der Waals surface area contributed by atoms with E-state index in [0.717, 1.165) is 6.26 Å². The van der Waals surface area contributed by atoms with Crippen LogP contribution in [0.15, 0.2) is 42.5 Å². The van der Waals surface area contributed by atoms with Gasteiger partial charge in [0.2, 0.25) is 10.0 Å². The van der Waals surface area contributed by atoms with Crippen LogP contribution in [0.4, 0.5) is 11.4 Å². The zero-order chi connectivity index (χ0) is 17.9. The number of carbonyl (C=O) groups excluding carboxylic acids is 1. The average Bonchev–Trinajstić information content (AvgIpc) is 2.47. The number of carbonyl (C=O) groups is 2. The average molecular weight is 348 g/mol. The fraction of sp³-hybridized carbons (Fsp3) is 0.125. The van der Waals surface area contributed by atoms with Crippen molar-refractivity contribution in [3.63, 3.8) is 0 Å². The smallest absolute Gasteiger partial charge is 0.336 e. The van der Waals surface area contributed by atoms with Gasteiger partial charge in [-0.15, -0.1) is 0 Å². The van der Waals surface area contributed by atoms with Crippen LogP contribution in [0.2, 0.25) is 0 Å². The largest absolute Gasteiger partial charge is 0.478 e. The van der Waals surface area contributed by atoms with Crippen LogP contribution in [0, 0.1) is 6.92 Å². The summed E-state index contributed by atoms with van der Waals surface area (Å²) in [4.78, 5) is 23.5. The first kappa shape index (κ1) is 17.5. The molecule has 3 N–H and O–H groups in total. The monoisotopic (exact) mass is 348 g/mol. The molecule has 0 unspecified atom stereocenters. The molecule has 0 aliphatic rings. The van der Waals surface area contributed by atoms with Crippen molar-refractivity contribution in [2.75, 3.05) is 16.3 Å². The number of hydrogen-bond donors (Lipinski definition) is 3. The summed E-state index contributed by atoms with van der Waals surface area (Å²) in [6.07, 6.45) is 0.987. The first-order chi connectivity index (χ1) is 11.2. The maximum absolute atomic E-state index is 12.4. The highest BCUT2D eigenvalue weighted by Gasteiger charge is 2.15. The van der Waals surface area contributed by atoms with Crippen LogP contribution in [-0.4, -0.2) is 31.7 Å². The number of para-hydroxylation sites is 1. The Labute approximate surface area is 139 Å². The molecule has 2 aromatic rings. The summed E-state index contributed by atoms with van der Waals surface area (Å²) in [5.41, 5.74) is 1.22. The molecule has 0 heterocycles. The van der Waals surface area contributed by atoms with Gasteiger partial charge in [0.25, 0.3) is 5.91 Å². The van der Waals surface area contributed by atoms with Crippen molar-refractivity contribution in [3.05, 3.63) is 59.2 Å². The molecule has 0 saturated heterocycles. The summed E-state index contributed by atoms with van der Waals surface area (Å²) < 4.78 is 25.0. The summed E-state index contributed by atoms with van der Waals surface area (Å²) in [5.74, 6) is -1.65. The van der Waals surface area contributed by atoms with Gasteiger partial charge in [0, 0.05) is 5.69 Å². The molecule has 0 fully saturated rings. The lowest BCUT2D eigenvalue weighted by Crippen LogP contribution is -2.17. The van der Waals surface area contributed by atoms with Gasteiger partial charge in [-0.25, -0.2) is 13.2 Å². The quantitative estimate of drug-likeness (QED) is 0.767. The minimum absolute atomic E-state index is 0.0790. The first-order valence-corrected chi connectivity index (χ1v) is 8.78. The number of benzene rings is 2. The van der Waals surface area contributed by atoms with Gasteiger partial charge >= 0.3 is 5.97 Å². The van der Waals surface area contributed by atoms with Crippen molar-refractivity contribution in [1.82, 2.24) is 0 Å². The molecule has 0 atom stereocenters. The molecule has 0 aromatic heterocycles. The molecule has 0 radical (unpaired) electrons. The van der Waals surface area contributed by atoms with Crippen molar-refractivity contribution in [2.45, 2.75) is 6.92 Å². The number of carboxylic acids is 1. The molecule has 2 aromatic carbocycles. The van der Waals surface area contributed by atoms with E-state index in [2.05, 4.69) is 10.0 Å². The molecule has 0 bridgehead atoms. The Bertz CT molecular complexity index is 906. The second-order valence-corrected chi connectivity index (χ2v) is 6.96. The number of aromatic carboxylic acids is 1. The lowest BCUT2D eigenvalue weighted by molar-refractivity contribution is 0.0695. The van der Waals surface area contributed by atoms with E-state index < -0.39 is 21.9 Å². The van der Waals surface area contributed by atoms with E-state index >= 15 is 0 Å². The normalized spacial score (nSPS) is 10.9. The van der Waals surface area contributed by atoms with E-state index in [-0.39, 0.29) is 16.8 Å². The Balaban J connectivity index is 2.31. The summed E-state index contributed by atoms with van der Waals surface area (Å²) in [5, 5.41) is 11.7. The molecule has 0 saturated carbocycles. The summed E-state index contributed by atoms with van der Waals surface area (Å²) in [7, 11) is -3.54. The zero-order valence-corrected chi connectivity index (χ0v) is 13.8. The van der Waals surface area contributed by atoms with Crippen LogP contribution in [0.5, 0.6) is 0 Å². The molecular weight excluding hydrogens is 332 g/mol. The SMILES string of the molecule is Cc1ccc(NC(=O)c2ccccc2NS(C)(=O)=O)cc1C(=O)O. The highest BCUT2D eigenvalue weighted by atomic mass is 32.2. The van der Waals surface area contributed by atoms with E-state index in [1.54, 1.807) is 31.2 Å². The molecule has 2 rings (SSSR count). The van der Waals surface area contributed by atoms with Crippen LogP contribution in [0.1, 0.15) is 26.3 Å². The van der Waals surface area contributed by atoms with E-state index in [1.807, 2.05) is 0 Å². The molecule has 24 heavy (non-hydrogen) atoms. The summed E-state index contributed by atoms with van der Waals surface area (Å²) >= 11 is 0. The Hall–Kier alpha value is -2.87. The number of nitrogens with one attached hydrogen (secondary N) is 2. The minimum atomic E-state index is -3.54. The topological polar surface area (TPSA) is 113 Å². The molecule has 0 spiro atoms. The first-order valence-electron chi connectivity index (χ1n) is 6.89. The minimum Gasteiger partial charge on any atom is -0.478 e. The molecular formula is C16H16N2O5S. The van der Waals surface area contributed by atoms with E-state index in [9.17, 15) is 18.0 Å². The molecule has 126 valence electrons. The van der Waals surface area contributed by atoms with Crippen molar-refractivity contribution in [2.24, 2.45) is 0 Å². The predicted molar refractivity (Wildman–Crippen MR) is 91.0 cm³/mol. The second kappa shape index (κ2) is 6.71. The highest BCUT2D eigenvalue weighted by Crippen LogP contribution is 2.20. The van der Waals surface area contributed by atoms with Crippen LogP contribution in [0.25, 0.3) is 0 Å². The second-order valence-electron chi connectivity index (χ2n) is 5.21. The lowest BCUT2D eigenvalue weighted by atomic mass is 10.1. The molecule has 1 amide bonds. The van der Waals surface area contributed by atoms with Gasteiger partial charge in [-0.3, -0.25) is 9.52 Å². The zero-order valence-electron chi connectivity index (χ0n) is 13.0. The number of amides is 1. The standard InChI is InChI=1S/C16H16N2O5S/c1-10-7-8-11(9-13(10)16(20)21)17-15(19)12-5-3-4-6-14(12)18-24(2,22)23/h3-9,18H,1-2H3,(H,17,19)(H,20,21). The van der Waals surface area contributed by atoms with Gasteiger partial charge in [-0.05, 0) is 36.8 Å². The van der Waals surface area contributed by atoms with Crippen molar-refractivity contribution in [1.29, 1.82) is 0 Å². The Morgan fingerprint density at radius 3 is 2.33 bits per heavy atom. The van der Waals surface area contributed by atoms with Gasteiger partial charge in [0.05, 0.1) is 23.1 Å². The van der Waals surface area contributed by atoms with Gasteiger partial charge in [0.15, 0.2) is 0 Å². The maximum atomic E-state index is 12.4. The van der Waals surface area contributed by atoms with Gasteiger partial charge < -0.3 is 10.4 Å². The number of aryl methyl sites for hydroxylation is 1. The number of sulfonamides is 1. The van der Waals surface area contributed by atoms with Crippen molar-refractivity contribution >= 4 is 33.3 Å². The number of carboxylic acid groups (broad SMARTS) is 1. The van der Waals surface area contributed by atoms with Crippen molar-refractivity contribution in [3.8, 4) is 0 Å². The third-order valence-corrected chi connectivity index (χ3v) is 3.78. The molecule has 8 heteroatoms. The highest BCUT2D eigenvalue weighted by molar-refractivity contribution is 7.92. The van der Waals surface area contributed by atoms with Crippen LogP contribution in [-0.2, 0) is 10.0 Å². The van der Waals surface area contributed by atoms with Crippen LogP contribution in [0.3, 0.4) is 0 Å². The van der Waals surface area contributed by atoms with E-state index in [1.165, 1.54) is 18.2 Å². The lowest BCUT2D eigenvalue weighted by Gasteiger charge is -2.12. The van der Waals surface area contributed by atoms with Gasteiger partial charge in [-0.2, -0.15) is 0 Å². The Kier molecular flexibility index (Phi) is 4.89. The molecule has 7 nitrogen and oxygen atoms in total. The van der Waals surface area contributed by atoms with Gasteiger partial charge in [-0.1, -0.05) is 18.2 Å². The number of anilines is 2. The van der Waals surface area contributed by atoms with Gasteiger partial charge in [0.1, 0.15) is 0 Å². The third-order valence-electron chi connectivity index (χ3n) is 3.19. The summed E-state index contributed by atoms with van der Waals surface area (Å²) in [6.45, 7) is 1.65. The van der Waals surface area contributed by atoms with Crippen LogP contribution < -0.4 is 10.0 Å². The number of hydrogen-bond acceptors (Lipinski definition) is 4. The number of rotatable bonds is 5. The third kappa shape index (κ3) is 4.32. The Morgan fingerprint density at radius 1 is 1.04 bits per heavy atom. The molecule has 0 aliphatic carbocycles. The predicted octanol–water partition coefficient (Wildman–Crippen LogP) is 2.32. The van der Waals surface area contributed by atoms with E-state index in [0.29, 0.717) is 11.3 Å². The van der Waals surface area contributed by atoms with Crippen LogP contribution >= 0.6 is 0 Å². The maximum Gasteiger partial charge on any atom is 0.336 e. The fourth-order valence-electron chi connectivity index (χ4n) is 2.10. The summed E-state index contributed by atoms with van der Waals surface area (Å²) in [6, 6.07) is 10.6.